The van der Waals surface area contributed by atoms with Crippen molar-refractivity contribution < 1.29 is 23.5 Å². The summed E-state index contributed by atoms with van der Waals surface area (Å²) in [7, 11) is 1.29. The Balaban J connectivity index is 2.63. The van der Waals surface area contributed by atoms with E-state index in [0.29, 0.717) is 12.4 Å². The van der Waals surface area contributed by atoms with Crippen LogP contribution in [0.15, 0.2) is 16.5 Å². The van der Waals surface area contributed by atoms with Gasteiger partial charge >= 0.3 is 11.9 Å². The molecule has 2 unspecified atom stereocenters. The Morgan fingerprint density at radius 2 is 2.05 bits per heavy atom. The lowest BCUT2D eigenvalue weighted by Gasteiger charge is -2.17. The molecule has 1 N–H and O–H groups in total. The summed E-state index contributed by atoms with van der Waals surface area (Å²) < 4.78 is 14.8. The predicted molar refractivity (Wildman–Crippen MR) is 67.7 cm³/mol. The number of ether oxygens (including phenoxy) is 2. The van der Waals surface area contributed by atoms with Crippen molar-refractivity contribution in [1.82, 2.24) is 5.32 Å². The van der Waals surface area contributed by atoms with Crippen LogP contribution in [0.25, 0.3) is 0 Å². The fourth-order valence-corrected chi connectivity index (χ4v) is 1.59. The van der Waals surface area contributed by atoms with E-state index in [2.05, 4.69) is 10.1 Å². The third-order valence-electron chi connectivity index (χ3n) is 2.58. The number of carbonyl (C=O) groups excluding carboxylic acids is 2. The van der Waals surface area contributed by atoms with Crippen LogP contribution < -0.4 is 5.32 Å². The number of furan rings is 1. The van der Waals surface area contributed by atoms with Crippen molar-refractivity contribution in [2.75, 3.05) is 13.7 Å². The second-order valence-corrected chi connectivity index (χ2v) is 4.06. The monoisotopic (exact) mass is 269 g/mol. The fraction of sp³-hybridized carbons (Fsp3) is 0.538. The van der Waals surface area contributed by atoms with Gasteiger partial charge in [0.2, 0.25) is 5.76 Å². The summed E-state index contributed by atoms with van der Waals surface area (Å²) in [6.07, 6.45) is 0. The van der Waals surface area contributed by atoms with Crippen molar-refractivity contribution >= 4 is 11.9 Å². The topological polar surface area (TPSA) is 77.8 Å². The SMILES string of the molecule is CCOC(=O)C(C)NC(C)c1ccc(C(=O)OC)o1. The second-order valence-electron chi connectivity index (χ2n) is 4.06. The van der Waals surface area contributed by atoms with Crippen LogP contribution in [0.4, 0.5) is 0 Å². The Kier molecular flexibility index (Phi) is 5.57. The highest BCUT2D eigenvalue weighted by molar-refractivity contribution is 5.86. The molecule has 0 aromatic carbocycles. The third-order valence-corrected chi connectivity index (χ3v) is 2.58. The lowest BCUT2D eigenvalue weighted by molar-refractivity contribution is -0.145. The molecule has 1 aromatic rings. The molecular formula is C13H19NO5. The molecular weight excluding hydrogens is 250 g/mol. The maximum atomic E-state index is 11.5. The highest BCUT2D eigenvalue weighted by atomic mass is 16.5. The van der Waals surface area contributed by atoms with Crippen molar-refractivity contribution in [3.63, 3.8) is 0 Å². The Morgan fingerprint density at radius 1 is 1.37 bits per heavy atom. The summed E-state index contributed by atoms with van der Waals surface area (Å²) in [6.45, 7) is 5.63. The van der Waals surface area contributed by atoms with E-state index in [4.69, 9.17) is 9.15 Å². The lowest BCUT2D eigenvalue weighted by atomic mass is 10.2. The fourth-order valence-electron chi connectivity index (χ4n) is 1.59. The Bertz CT molecular complexity index is 440. The molecule has 0 saturated carbocycles. The zero-order valence-corrected chi connectivity index (χ0v) is 11.6. The van der Waals surface area contributed by atoms with Gasteiger partial charge < -0.3 is 13.9 Å². The molecule has 6 nitrogen and oxygen atoms in total. The van der Waals surface area contributed by atoms with Crippen LogP contribution in [0.3, 0.4) is 0 Å². The summed E-state index contributed by atoms with van der Waals surface area (Å²) in [5.41, 5.74) is 0. The van der Waals surface area contributed by atoms with Crippen molar-refractivity contribution in [3.8, 4) is 0 Å². The minimum absolute atomic E-state index is 0.134. The molecule has 6 heteroatoms. The molecule has 0 spiro atoms. The van der Waals surface area contributed by atoms with Gasteiger partial charge in [0.25, 0.3) is 0 Å². The van der Waals surface area contributed by atoms with Gasteiger partial charge in [-0.25, -0.2) is 4.79 Å². The van der Waals surface area contributed by atoms with Gasteiger partial charge in [-0.2, -0.15) is 0 Å². The molecule has 1 aromatic heterocycles. The number of rotatable bonds is 6. The molecule has 106 valence electrons. The molecule has 0 aliphatic rings. The van der Waals surface area contributed by atoms with Crippen molar-refractivity contribution in [2.24, 2.45) is 0 Å². The highest BCUT2D eigenvalue weighted by Crippen LogP contribution is 2.17. The molecule has 0 saturated heterocycles. The van der Waals surface area contributed by atoms with E-state index >= 15 is 0 Å². The molecule has 19 heavy (non-hydrogen) atoms. The van der Waals surface area contributed by atoms with Crippen LogP contribution in [0.5, 0.6) is 0 Å². The number of hydrogen-bond donors (Lipinski definition) is 1. The minimum atomic E-state index is -0.531. The maximum absolute atomic E-state index is 11.5. The van der Waals surface area contributed by atoms with Crippen LogP contribution in [-0.4, -0.2) is 31.7 Å². The van der Waals surface area contributed by atoms with Gasteiger partial charge in [0.15, 0.2) is 0 Å². The molecule has 0 aliphatic carbocycles. The predicted octanol–water partition coefficient (Wildman–Crippen LogP) is 1.67. The van der Waals surface area contributed by atoms with Crippen LogP contribution in [0.2, 0.25) is 0 Å². The zero-order chi connectivity index (χ0) is 14.4. The van der Waals surface area contributed by atoms with Gasteiger partial charge in [-0.05, 0) is 32.9 Å². The first-order valence-electron chi connectivity index (χ1n) is 6.10. The first kappa shape index (κ1) is 15.2. The van der Waals surface area contributed by atoms with Crippen molar-refractivity contribution in [2.45, 2.75) is 32.9 Å². The van der Waals surface area contributed by atoms with Crippen molar-refractivity contribution in [1.29, 1.82) is 0 Å². The first-order chi connectivity index (χ1) is 8.99. The van der Waals surface area contributed by atoms with Crippen LogP contribution in [0, 0.1) is 0 Å². The molecule has 1 rings (SSSR count). The first-order valence-corrected chi connectivity index (χ1v) is 6.10. The molecule has 2 atom stereocenters. The van der Waals surface area contributed by atoms with E-state index in [1.54, 1.807) is 19.9 Å². The smallest absolute Gasteiger partial charge is 0.373 e. The van der Waals surface area contributed by atoms with E-state index in [1.807, 2.05) is 6.92 Å². The highest BCUT2D eigenvalue weighted by Gasteiger charge is 2.20. The molecule has 1 heterocycles. The third kappa shape index (κ3) is 4.10. The van der Waals surface area contributed by atoms with E-state index in [1.165, 1.54) is 13.2 Å². The van der Waals surface area contributed by atoms with E-state index in [0.717, 1.165) is 0 Å². The number of nitrogens with one attached hydrogen (secondary N) is 1. The van der Waals surface area contributed by atoms with Gasteiger partial charge in [-0.1, -0.05) is 0 Å². The van der Waals surface area contributed by atoms with Gasteiger partial charge in [-0.15, -0.1) is 0 Å². The van der Waals surface area contributed by atoms with Gasteiger partial charge in [-0.3, -0.25) is 10.1 Å². The Morgan fingerprint density at radius 3 is 2.63 bits per heavy atom. The Hall–Kier alpha value is -1.82. The van der Waals surface area contributed by atoms with Crippen LogP contribution in [0.1, 0.15) is 43.1 Å². The standard InChI is InChI=1S/C13H19NO5/c1-5-18-12(15)9(3)14-8(2)10-6-7-11(19-10)13(16)17-4/h6-9,14H,5H2,1-4H3. The van der Waals surface area contributed by atoms with Crippen LogP contribution in [-0.2, 0) is 14.3 Å². The lowest BCUT2D eigenvalue weighted by Crippen LogP contribution is -2.36. The van der Waals surface area contributed by atoms with Gasteiger partial charge in [0.1, 0.15) is 11.8 Å². The second kappa shape index (κ2) is 6.94. The number of esters is 2. The average Bonchev–Trinajstić information content (AvgIpc) is 2.87. The minimum Gasteiger partial charge on any atom is -0.465 e. The van der Waals surface area contributed by atoms with Gasteiger partial charge in [0, 0.05) is 0 Å². The largest absolute Gasteiger partial charge is 0.465 e. The Labute approximate surface area is 112 Å². The molecule has 0 fully saturated rings. The summed E-state index contributed by atoms with van der Waals surface area (Å²) in [6, 6.07) is 2.52. The van der Waals surface area contributed by atoms with E-state index in [9.17, 15) is 9.59 Å². The van der Waals surface area contributed by atoms with E-state index < -0.39 is 12.0 Å². The quantitative estimate of drug-likeness (QED) is 0.791. The number of carbonyl (C=O) groups is 2. The van der Waals surface area contributed by atoms with Gasteiger partial charge in [0.05, 0.1) is 19.8 Å². The summed E-state index contributed by atoms with van der Waals surface area (Å²) >= 11 is 0. The number of hydrogen-bond acceptors (Lipinski definition) is 6. The zero-order valence-electron chi connectivity index (χ0n) is 11.6. The average molecular weight is 269 g/mol. The molecule has 0 bridgehead atoms. The number of methoxy groups -OCH3 is 1. The molecule has 0 aliphatic heterocycles. The summed E-state index contributed by atoms with van der Waals surface area (Å²) in [4.78, 5) is 22.7. The summed E-state index contributed by atoms with van der Waals surface area (Å²) in [5, 5.41) is 3.03. The maximum Gasteiger partial charge on any atom is 0.373 e. The molecule has 0 amide bonds. The van der Waals surface area contributed by atoms with Crippen LogP contribution >= 0.6 is 0 Å². The van der Waals surface area contributed by atoms with Crippen molar-refractivity contribution in [3.05, 3.63) is 23.7 Å². The van der Waals surface area contributed by atoms with E-state index in [-0.39, 0.29) is 17.8 Å². The summed E-state index contributed by atoms with van der Waals surface area (Å²) in [5.74, 6) is -0.169. The molecule has 0 radical (unpaired) electrons. The normalized spacial score (nSPS) is 13.7.